The minimum Gasteiger partial charge on any atom is -0.336 e. The van der Waals surface area contributed by atoms with Crippen LogP contribution in [-0.2, 0) is 4.79 Å². The molecule has 1 amide bonds. The van der Waals surface area contributed by atoms with E-state index in [9.17, 15) is 4.79 Å². The molecule has 1 unspecified atom stereocenters. The molecule has 0 aromatic heterocycles. The topological polar surface area (TPSA) is 35.6 Å². The van der Waals surface area contributed by atoms with Gasteiger partial charge in [0.15, 0.2) is 0 Å². The summed E-state index contributed by atoms with van der Waals surface area (Å²) in [6.45, 7) is 7.03. The lowest BCUT2D eigenvalue weighted by Gasteiger charge is -2.39. The highest BCUT2D eigenvalue weighted by Crippen LogP contribution is 2.25. The second-order valence-corrected chi connectivity index (χ2v) is 7.01. The number of hydrogen-bond donors (Lipinski definition) is 1. The minimum absolute atomic E-state index is 0.325. The fourth-order valence-electron chi connectivity index (χ4n) is 4.10. The number of likely N-dealkylation sites (tertiary alicyclic amines) is 1. The summed E-state index contributed by atoms with van der Waals surface area (Å²) in [5, 5.41) is 3.26. The third-order valence-corrected chi connectivity index (χ3v) is 5.09. The maximum Gasteiger partial charge on any atom is 0.237 e. The predicted molar refractivity (Wildman–Crippen MR) is 87.4 cm³/mol. The van der Waals surface area contributed by atoms with Crippen molar-refractivity contribution in [2.24, 2.45) is 0 Å². The second kappa shape index (κ2) is 8.14. The van der Waals surface area contributed by atoms with Crippen molar-refractivity contribution in [1.29, 1.82) is 0 Å². The van der Waals surface area contributed by atoms with Gasteiger partial charge in [-0.15, -0.1) is 0 Å². The Balaban J connectivity index is 1.94. The van der Waals surface area contributed by atoms with Gasteiger partial charge in [0.05, 0.1) is 6.54 Å². The number of carbonyl (C=O) groups is 1. The molecular weight excluding hydrogens is 262 g/mol. The van der Waals surface area contributed by atoms with Crippen LogP contribution in [0, 0.1) is 0 Å². The molecule has 1 N–H and O–H groups in total. The summed E-state index contributed by atoms with van der Waals surface area (Å²) < 4.78 is 0. The van der Waals surface area contributed by atoms with Gasteiger partial charge < -0.3 is 10.2 Å². The number of nitrogens with one attached hydrogen (secondary N) is 1. The molecule has 122 valence electrons. The molecule has 2 fully saturated rings. The Morgan fingerprint density at radius 2 is 1.90 bits per heavy atom. The zero-order chi connectivity index (χ0) is 15.2. The molecule has 0 radical (unpaired) electrons. The lowest BCUT2D eigenvalue weighted by atomic mass is 9.93. The van der Waals surface area contributed by atoms with Gasteiger partial charge in [0.1, 0.15) is 0 Å². The van der Waals surface area contributed by atoms with Crippen molar-refractivity contribution >= 4 is 5.91 Å². The Hall–Kier alpha value is -0.610. The van der Waals surface area contributed by atoms with E-state index in [-0.39, 0.29) is 0 Å². The maximum atomic E-state index is 12.9. The van der Waals surface area contributed by atoms with Crippen LogP contribution in [0.2, 0.25) is 0 Å². The summed E-state index contributed by atoms with van der Waals surface area (Å²) in [5.74, 6) is 0.347. The van der Waals surface area contributed by atoms with E-state index < -0.39 is 0 Å². The van der Waals surface area contributed by atoms with Gasteiger partial charge in [-0.25, -0.2) is 0 Å². The van der Waals surface area contributed by atoms with E-state index in [0.717, 1.165) is 13.1 Å². The standard InChI is InChI=1S/C17H33N3O/c1-14(2)20(15-8-5-4-6-9-15)17(21)13-19-11-7-10-16(19)12-18-3/h14-16,18H,4-13H2,1-3H3. The molecule has 1 heterocycles. The van der Waals surface area contributed by atoms with E-state index >= 15 is 0 Å². The van der Waals surface area contributed by atoms with Gasteiger partial charge in [-0.05, 0) is 53.1 Å². The summed E-state index contributed by atoms with van der Waals surface area (Å²) in [6.07, 6.45) is 8.76. The van der Waals surface area contributed by atoms with Crippen LogP contribution in [0.1, 0.15) is 58.8 Å². The van der Waals surface area contributed by atoms with Crippen LogP contribution in [0.3, 0.4) is 0 Å². The Labute approximate surface area is 130 Å². The molecule has 1 aliphatic carbocycles. The van der Waals surface area contributed by atoms with Crippen molar-refractivity contribution in [2.45, 2.75) is 76.9 Å². The first kappa shape index (κ1) is 16.8. The van der Waals surface area contributed by atoms with Gasteiger partial charge >= 0.3 is 0 Å². The molecule has 2 aliphatic rings. The fraction of sp³-hybridized carbons (Fsp3) is 0.941. The monoisotopic (exact) mass is 295 g/mol. The van der Waals surface area contributed by atoms with Gasteiger partial charge in [-0.2, -0.15) is 0 Å². The number of carbonyl (C=O) groups excluding carboxylic acids is 1. The smallest absolute Gasteiger partial charge is 0.237 e. The van der Waals surface area contributed by atoms with Gasteiger partial charge in [0.25, 0.3) is 0 Å². The summed E-state index contributed by atoms with van der Waals surface area (Å²) in [4.78, 5) is 17.4. The van der Waals surface area contributed by atoms with E-state index in [1.54, 1.807) is 0 Å². The molecule has 4 nitrogen and oxygen atoms in total. The van der Waals surface area contributed by atoms with Gasteiger partial charge in [0.2, 0.25) is 5.91 Å². The SMILES string of the molecule is CNCC1CCCN1CC(=O)N(C(C)C)C1CCCCC1. The number of likely N-dealkylation sites (N-methyl/N-ethyl adjacent to an activating group) is 1. The van der Waals surface area contributed by atoms with Crippen molar-refractivity contribution in [1.82, 2.24) is 15.1 Å². The van der Waals surface area contributed by atoms with E-state index in [1.807, 2.05) is 7.05 Å². The molecule has 0 spiro atoms. The van der Waals surface area contributed by atoms with Gasteiger partial charge in [-0.1, -0.05) is 19.3 Å². The molecule has 0 aromatic rings. The van der Waals surface area contributed by atoms with Crippen LogP contribution >= 0.6 is 0 Å². The summed E-state index contributed by atoms with van der Waals surface area (Å²) in [6, 6.07) is 1.35. The van der Waals surface area contributed by atoms with Crippen LogP contribution < -0.4 is 5.32 Å². The molecule has 21 heavy (non-hydrogen) atoms. The average Bonchev–Trinajstić information content (AvgIpc) is 2.87. The highest BCUT2D eigenvalue weighted by Gasteiger charge is 2.31. The van der Waals surface area contributed by atoms with E-state index in [0.29, 0.717) is 30.6 Å². The lowest BCUT2D eigenvalue weighted by Crippen LogP contribution is -2.51. The second-order valence-electron chi connectivity index (χ2n) is 7.01. The van der Waals surface area contributed by atoms with Crippen molar-refractivity contribution in [3.63, 3.8) is 0 Å². The fourth-order valence-corrected chi connectivity index (χ4v) is 4.10. The van der Waals surface area contributed by atoms with Crippen LogP contribution in [0.25, 0.3) is 0 Å². The molecule has 0 bridgehead atoms. The third-order valence-electron chi connectivity index (χ3n) is 5.09. The van der Waals surface area contributed by atoms with E-state index in [1.165, 1.54) is 44.9 Å². The number of hydrogen-bond acceptors (Lipinski definition) is 3. The predicted octanol–water partition coefficient (Wildman–Crippen LogP) is 2.24. The molecule has 1 saturated heterocycles. The molecule has 1 aliphatic heterocycles. The number of amides is 1. The van der Waals surface area contributed by atoms with Crippen LogP contribution in [0.4, 0.5) is 0 Å². The zero-order valence-electron chi connectivity index (χ0n) is 14.1. The lowest BCUT2D eigenvalue weighted by molar-refractivity contribution is -0.137. The normalized spacial score (nSPS) is 24.7. The van der Waals surface area contributed by atoms with Crippen LogP contribution in [-0.4, -0.2) is 60.5 Å². The highest BCUT2D eigenvalue weighted by molar-refractivity contribution is 5.79. The molecular formula is C17H33N3O. The van der Waals surface area contributed by atoms with Gasteiger partial charge in [0, 0.05) is 24.7 Å². The molecule has 2 rings (SSSR count). The number of rotatable bonds is 6. The van der Waals surface area contributed by atoms with Crippen molar-refractivity contribution in [2.75, 3.05) is 26.7 Å². The van der Waals surface area contributed by atoms with Crippen molar-refractivity contribution < 1.29 is 4.79 Å². The van der Waals surface area contributed by atoms with E-state index in [4.69, 9.17) is 0 Å². The molecule has 4 heteroatoms. The van der Waals surface area contributed by atoms with E-state index in [2.05, 4.69) is 29.0 Å². The first-order valence-electron chi connectivity index (χ1n) is 8.83. The summed E-state index contributed by atoms with van der Waals surface area (Å²) in [5.41, 5.74) is 0. The highest BCUT2D eigenvalue weighted by atomic mass is 16.2. The Morgan fingerprint density at radius 3 is 2.52 bits per heavy atom. The van der Waals surface area contributed by atoms with Crippen molar-refractivity contribution in [3.8, 4) is 0 Å². The molecule has 0 aromatic carbocycles. The Morgan fingerprint density at radius 1 is 1.19 bits per heavy atom. The quantitative estimate of drug-likeness (QED) is 0.816. The maximum absolute atomic E-state index is 12.9. The largest absolute Gasteiger partial charge is 0.336 e. The molecule has 1 saturated carbocycles. The Kier molecular flexibility index (Phi) is 6.49. The molecule has 1 atom stereocenters. The zero-order valence-corrected chi connectivity index (χ0v) is 14.1. The van der Waals surface area contributed by atoms with Crippen LogP contribution in [0.5, 0.6) is 0 Å². The Bertz CT molecular complexity index is 326. The average molecular weight is 295 g/mol. The third kappa shape index (κ3) is 4.43. The first-order valence-corrected chi connectivity index (χ1v) is 8.83. The minimum atomic E-state index is 0.325. The van der Waals surface area contributed by atoms with Crippen LogP contribution in [0.15, 0.2) is 0 Å². The first-order chi connectivity index (χ1) is 10.1. The van der Waals surface area contributed by atoms with Crippen molar-refractivity contribution in [3.05, 3.63) is 0 Å². The van der Waals surface area contributed by atoms with Gasteiger partial charge in [-0.3, -0.25) is 9.69 Å². The number of nitrogens with zero attached hydrogens (tertiary/aromatic N) is 2. The summed E-state index contributed by atoms with van der Waals surface area (Å²) >= 11 is 0. The summed E-state index contributed by atoms with van der Waals surface area (Å²) in [7, 11) is 2.00.